The Kier molecular flexibility index (Phi) is 16.0. The van der Waals surface area contributed by atoms with Crippen LogP contribution in [0.2, 0.25) is 0 Å². The van der Waals surface area contributed by atoms with Gasteiger partial charge in [-0.3, -0.25) is 0 Å². The van der Waals surface area contributed by atoms with Crippen LogP contribution in [-0.4, -0.2) is 56.9 Å². The van der Waals surface area contributed by atoms with Crippen molar-refractivity contribution < 1.29 is 37.9 Å². The molecule has 12 aromatic carbocycles. The molecule has 0 amide bonds. The number of methoxy groups -OCH3 is 8. The van der Waals surface area contributed by atoms with Crippen LogP contribution in [0.15, 0.2) is 287 Å². The van der Waals surface area contributed by atoms with Gasteiger partial charge in [0.05, 0.1) is 56.9 Å². The summed E-state index contributed by atoms with van der Waals surface area (Å²) < 4.78 is 46.0. The van der Waals surface area contributed by atoms with Crippen molar-refractivity contribution >= 4 is 78.3 Å². The Bertz CT molecular complexity index is 3860. The first-order chi connectivity index (χ1) is 45.7. The van der Waals surface area contributed by atoms with E-state index in [1.54, 1.807) is 56.9 Å². The monoisotopic (exact) mass is 1240 g/mol. The Balaban J connectivity index is 1.10. The van der Waals surface area contributed by atoms with Gasteiger partial charge in [0.25, 0.3) is 0 Å². The van der Waals surface area contributed by atoms with Crippen LogP contribution in [0.5, 0.6) is 46.0 Å². The lowest BCUT2D eigenvalue weighted by Gasteiger charge is -2.39. The van der Waals surface area contributed by atoms with Crippen molar-refractivity contribution in [3.8, 4) is 68.2 Å². The number of hydrogen-bond donors (Lipinski definition) is 0. The lowest BCUT2D eigenvalue weighted by molar-refractivity contribution is 0.414. The third-order valence-electron chi connectivity index (χ3n) is 17.4. The lowest BCUT2D eigenvalue weighted by Crippen LogP contribution is -2.12. The summed E-state index contributed by atoms with van der Waals surface area (Å²) in [6.07, 6.45) is 0. The minimum Gasteiger partial charge on any atom is -0.497 e. The molecule has 462 valence electrons. The van der Waals surface area contributed by atoms with Gasteiger partial charge in [-0.05, 0) is 265 Å². The average Bonchev–Trinajstić information content (AvgIpc) is 1.51. The first-order valence-electron chi connectivity index (χ1n) is 30.4. The topological polar surface area (TPSA) is 86.8 Å². The average molecular weight is 1250 g/mol. The normalized spacial score (nSPS) is 12.3. The van der Waals surface area contributed by atoms with E-state index in [1.807, 2.05) is 97.1 Å². The number of anilines is 12. The molecule has 14 rings (SSSR count). The van der Waals surface area contributed by atoms with Crippen LogP contribution in [0.25, 0.3) is 22.3 Å². The second-order valence-corrected chi connectivity index (χ2v) is 25.2. The maximum atomic E-state index is 5.75. The zero-order valence-electron chi connectivity index (χ0n) is 52.9. The first kappa shape index (κ1) is 59.2. The molecule has 0 saturated carbocycles. The van der Waals surface area contributed by atoms with Gasteiger partial charge >= 0.3 is 0 Å². The highest BCUT2D eigenvalue weighted by Crippen LogP contribution is 2.86. The van der Waals surface area contributed by atoms with E-state index in [9.17, 15) is 0 Å². The minimum absolute atomic E-state index is 0.762. The summed E-state index contributed by atoms with van der Waals surface area (Å²) in [6.45, 7) is 0. The van der Waals surface area contributed by atoms with Gasteiger partial charge in [0.2, 0.25) is 0 Å². The number of fused-ring (bicyclic) bond motifs is 10. The van der Waals surface area contributed by atoms with Crippen molar-refractivity contribution in [2.24, 2.45) is 0 Å². The van der Waals surface area contributed by atoms with Crippen LogP contribution in [0.3, 0.4) is 0 Å². The maximum Gasteiger partial charge on any atom is 0.119 e. The predicted molar refractivity (Wildman–Crippen MR) is 376 cm³/mol. The first-order valence-corrected chi connectivity index (χ1v) is 32.1. The summed E-state index contributed by atoms with van der Waals surface area (Å²) >= 11 is 0. The van der Waals surface area contributed by atoms with Gasteiger partial charge in [0, 0.05) is 87.8 Å². The molecule has 1 spiro atoms. The summed E-state index contributed by atoms with van der Waals surface area (Å²) in [5, 5.41) is 0. The second kappa shape index (κ2) is 25.1. The molecule has 0 aliphatic carbocycles. The lowest BCUT2D eigenvalue weighted by atomic mass is 10.0. The van der Waals surface area contributed by atoms with E-state index in [1.165, 1.54) is 19.6 Å². The Morgan fingerprint density at radius 3 is 0.430 bits per heavy atom. The van der Waals surface area contributed by atoms with Crippen LogP contribution < -0.4 is 57.5 Å². The smallest absolute Gasteiger partial charge is 0.119 e. The number of rotatable bonds is 20. The maximum absolute atomic E-state index is 5.75. The number of nitrogens with zero attached hydrogens (tertiary/aromatic N) is 4. The van der Waals surface area contributed by atoms with E-state index in [2.05, 4.69) is 189 Å². The van der Waals surface area contributed by atoms with Crippen LogP contribution in [0.4, 0.5) is 68.2 Å². The zero-order chi connectivity index (χ0) is 63.7. The Morgan fingerprint density at radius 2 is 0.301 bits per heavy atom. The minimum atomic E-state index is -2.60. The number of benzene rings is 12. The highest BCUT2D eigenvalue weighted by Gasteiger charge is 2.49. The van der Waals surface area contributed by atoms with Crippen molar-refractivity contribution in [2.45, 2.75) is 19.6 Å². The predicted octanol–water partition coefficient (Wildman–Crippen LogP) is 20.9. The van der Waals surface area contributed by atoms with Crippen LogP contribution in [-0.2, 0) is 0 Å². The van der Waals surface area contributed by atoms with Crippen molar-refractivity contribution in [2.75, 3.05) is 76.5 Å². The molecule has 0 N–H and O–H groups in total. The van der Waals surface area contributed by atoms with Gasteiger partial charge in [-0.1, -0.05) is 24.3 Å². The van der Waals surface area contributed by atoms with Crippen molar-refractivity contribution in [1.82, 2.24) is 0 Å². The zero-order valence-corrected chi connectivity index (χ0v) is 53.7. The molecular formula is C80H68N4O8S. The Morgan fingerprint density at radius 1 is 0.172 bits per heavy atom. The summed E-state index contributed by atoms with van der Waals surface area (Å²) in [4.78, 5) is 14.1. The summed E-state index contributed by atoms with van der Waals surface area (Å²) in [5.74, 6) is 6.09. The standard InChI is InChI=1S/C80H68N4O8S/c1-85-65-29-9-53(10-30-65)81(54-11-31-66(86-2)32-12-54)61-25-45-73-74-46-26-62(82(55-13-33-67(87-3)34-14-55)56-15-35-68(88-4)36-16-56)50-78(74)93(77(73)49-61)79-51-63(83(57-17-37-69(89-5)38-18-57)58-19-39-70(90-6)40-20-58)27-47-75(79)76-48-28-64(52-80(76)93)84(59-21-41-71(91-7)42-22-59)60-23-43-72(92-8)44-24-60/h9-52H,1-8H3. The summed E-state index contributed by atoms with van der Waals surface area (Å²) in [5.41, 5.74) is 16.1. The van der Waals surface area contributed by atoms with E-state index < -0.39 is 10.0 Å². The van der Waals surface area contributed by atoms with E-state index in [4.69, 9.17) is 37.9 Å². The van der Waals surface area contributed by atoms with Gasteiger partial charge < -0.3 is 57.5 Å². The fraction of sp³-hybridized carbons (Fsp3) is 0.100. The highest BCUT2D eigenvalue weighted by atomic mass is 32.3. The Hall–Kier alpha value is -11.4. The molecule has 0 radical (unpaired) electrons. The van der Waals surface area contributed by atoms with Gasteiger partial charge in [-0.15, -0.1) is 10.0 Å². The molecule has 0 saturated heterocycles. The molecule has 0 atom stereocenters. The molecule has 2 aliphatic heterocycles. The van der Waals surface area contributed by atoms with Crippen molar-refractivity contribution in [3.63, 3.8) is 0 Å². The summed E-state index contributed by atoms with van der Waals surface area (Å²) in [7, 11) is 11.0. The van der Waals surface area contributed by atoms with Crippen LogP contribution in [0, 0.1) is 0 Å². The van der Waals surface area contributed by atoms with Crippen LogP contribution >= 0.6 is 10.0 Å². The molecule has 0 aromatic heterocycles. The molecule has 2 aliphatic rings. The SMILES string of the molecule is COc1ccc(N(c2ccc(OC)cc2)c2ccc3c(c2)S2(c4cc(N(c5ccc(OC)cc5)c5ccc(OC)cc5)ccc4-3)c3cc(N(c4ccc(OC)cc4)c4ccc(OC)cc4)ccc3-c3ccc(N(c4ccc(OC)cc4)c4ccc(OC)cc4)cc32)cc1. The van der Waals surface area contributed by atoms with E-state index in [-0.39, 0.29) is 0 Å². The molecule has 13 heteroatoms. The van der Waals surface area contributed by atoms with E-state index in [0.717, 1.165) is 136 Å². The fourth-order valence-corrected chi connectivity index (χ4v) is 17.5. The Labute approximate surface area is 544 Å². The third-order valence-corrected chi connectivity index (χ3v) is 21.4. The largest absolute Gasteiger partial charge is 0.497 e. The van der Waals surface area contributed by atoms with Gasteiger partial charge in [-0.2, -0.15) is 0 Å². The molecule has 0 fully saturated rings. The fourth-order valence-electron chi connectivity index (χ4n) is 12.9. The van der Waals surface area contributed by atoms with Crippen molar-refractivity contribution in [1.29, 1.82) is 0 Å². The van der Waals surface area contributed by atoms with Crippen LogP contribution in [0.1, 0.15) is 0 Å². The molecule has 0 unspecified atom stereocenters. The third kappa shape index (κ3) is 10.6. The van der Waals surface area contributed by atoms with Crippen molar-refractivity contribution in [3.05, 3.63) is 267 Å². The number of ether oxygens (including phenoxy) is 8. The summed E-state index contributed by atoms with van der Waals surface area (Å²) in [6, 6.07) is 94.3. The number of hydrogen-bond acceptors (Lipinski definition) is 12. The van der Waals surface area contributed by atoms with Gasteiger partial charge in [0.1, 0.15) is 46.0 Å². The molecule has 12 aromatic rings. The molecular weight excluding hydrogens is 1180 g/mol. The molecule has 12 nitrogen and oxygen atoms in total. The molecule has 0 bridgehead atoms. The molecule has 2 heterocycles. The second-order valence-electron chi connectivity index (χ2n) is 22.3. The highest BCUT2D eigenvalue weighted by molar-refractivity contribution is 8.34. The molecule has 93 heavy (non-hydrogen) atoms. The quantitative estimate of drug-likeness (QED) is 0.0728. The van der Waals surface area contributed by atoms with E-state index >= 15 is 0 Å². The van der Waals surface area contributed by atoms with Gasteiger partial charge in [0.15, 0.2) is 0 Å². The van der Waals surface area contributed by atoms with E-state index in [0.29, 0.717) is 0 Å². The van der Waals surface area contributed by atoms with Gasteiger partial charge in [-0.25, -0.2) is 0 Å².